The first-order chi connectivity index (χ1) is 11.1. The van der Waals surface area contributed by atoms with Crippen LogP contribution in [0, 0.1) is 0 Å². The summed E-state index contributed by atoms with van der Waals surface area (Å²) in [6.07, 6.45) is 15.0. The number of unbranched alkanes of at least 4 members (excludes halogenated alkanes) is 8. The van der Waals surface area contributed by atoms with Gasteiger partial charge in [-0.25, -0.2) is 0 Å². The van der Waals surface area contributed by atoms with Gasteiger partial charge in [0, 0.05) is 0 Å². The molecule has 0 saturated heterocycles. The Bertz CT molecular complexity index is 524. The third-order valence-electron chi connectivity index (χ3n) is 3.93. The lowest BCUT2D eigenvalue weighted by Gasteiger charge is -2.07. The predicted octanol–water partition coefficient (Wildman–Crippen LogP) is 6.11. The summed E-state index contributed by atoms with van der Waals surface area (Å²) in [5, 5.41) is 19.9. The second-order valence-corrected chi connectivity index (χ2v) is 6.25. The largest absolute Gasteiger partial charge is 0.506 e. The molecule has 0 aliphatic carbocycles. The number of phenols is 2. The van der Waals surface area contributed by atoms with Crippen molar-refractivity contribution in [3.05, 3.63) is 28.3 Å². The molecule has 3 nitrogen and oxygen atoms in total. The van der Waals surface area contributed by atoms with Crippen LogP contribution in [0.15, 0.2) is 12.1 Å². The average molecular weight is 339 g/mol. The van der Waals surface area contributed by atoms with E-state index in [9.17, 15) is 15.0 Å². The van der Waals surface area contributed by atoms with Gasteiger partial charge in [0.05, 0.1) is 16.1 Å². The number of aromatic hydroxyl groups is 2. The summed E-state index contributed by atoms with van der Waals surface area (Å²) >= 11 is 5.85. The zero-order valence-corrected chi connectivity index (χ0v) is 14.6. The van der Waals surface area contributed by atoms with Crippen LogP contribution in [-0.2, 0) is 0 Å². The molecule has 1 aromatic carbocycles. The van der Waals surface area contributed by atoms with E-state index >= 15 is 0 Å². The summed E-state index contributed by atoms with van der Waals surface area (Å²) in [5.41, 5.74) is 0.290. The first-order valence-electron chi connectivity index (χ1n) is 8.48. The van der Waals surface area contributed by atoms with Crippen molar-refractivity contribution in [3.8, 4) is 11.5 Å². The molecule has 0 atom stereocenters. The lowest BCUT2D eigenvalue weighted by Crippen LogP contribution is -1.87. The smallest absolute Gasteiger partial charge is 0.153 e. The lowest BCUT2D eigenvalue weighted by atomic mass is 10.1. The van der Waals surface area contributed by atoms with Gasteiger partial charge in [0.15, 0.2) is 6.29 Å². The van der Waals surface area contributed by atoms with Crippen molar-refractivity contribution >= 4 is 24.0 Å². The van der Waals surface area contributed by atoms with Crippen molar-refractivity contribution in [1.29, 1.82) is 0 Å². The van der Waals surface area contributed by atoms with Crippen LogP contribution in [0.25, 0.3) is 6.08 Å². The molecule has 0 fully saturated rings. The number of aldehydes is 1. The first kappa shape index (κ1) is 19.6. The zero-order chi connectivity index (χ0) is 17.1. The number of hydrogen-bond donors (Lipinski definition) is 2. The molecule has 128 valence electrons. The fraction of sp³-hybridized carbons (Fsp3) is 0.526. The molecule has 0 aromatic heterocycles. The SMILES string of the molecule is CCCCCCCCCC/C=C/c1c(O)c(Cl)cc(C=O)c1O. The third kappa shape index (κ3) is 6.66. The fourth-order valence-corrected chi connectivity index (χ4v) is 2.73. The average Bonchev–Trinajstić information content (AvgIpc) is 2.55. The van der Waals surface area contributed by atoms with E-state index < -0.39 is 0 Å². The topological polar surface area (TPSA) is 57.5 Å². The van der Waals surface area contributed by atoms with Crippen molar-refractivity contribution < 1.29 is 15.0 Å². The van der Waals surface area contributed by atoms with Crippen LogP contribution in [0.5, 0.6) is 11.5 Å². The number of carbonyl (C=O) groups excluding carboxylic acids is 1. The van der Waals surface area contributed by atoms with Crippen LogP contribution >= 0.6 is 11.6 Å². The monoisotopic (exact) mass is 338 g/mol. The Morgan fingerprint density at radius 3 is 2.22 bits per heavy atom. The molecule has 1 aromatic rings. The zero-order valence-electron chi connectivity index (χ0n) is 13.9. The molecular weight excluding hydrogens is 312 g/mol. The van der Waals surface area contributed by atoms with E-state index in [0.29, 0.717) is 6.29 Å². The molecule has 4 heteroatoms. The van der Waals surface area contributed by atoms with Gasteiger partial charge in [-0.1, -0.05) is 75.6 Å². The molecule has 0 bridgehead atoms. The molecule has 0 aliphatic rings. The summed E-state index contributed by atoms with van der Waals surface area (Å²) in [6.45, 7) is 2.22. The highest BCUT2D eigenvalue weighted by molar-refractivity contribution is 6.32. The second-order valence-electron chi connectivity index (χ2n) is 5.84. The molecule has 1 rings (SSSR count). The van der Waals surface area contributed by atoms with Crippen LogP contribution < -0.4 is 0 Å². The van der Waals surface area contributed by atoms with Gasteiger partial charge in [-0.05, 0) is 18.9 Å². The minimum Gasteiger partial charge on any atom is -0.506 e. The van der Waals surface area contributed by atoms with E-state index in [0.717, 1.165) is 12.8 Å². The molecule has 0 heterocycles. The van der Waals surface area contributed by atoms with E-state index in [1.807, 2.05) is 6.08 Å². The maximum Gasteiger partial charge on any atom is 0.153 e. The summed E-state index contributed by atoms with van der Waals surface area (Å²) in [4.78, 5) is 10.9. The summed E-state index contributed by atoms with van der Waals surface area (Å²) in [6, 6.07) is 1.26. The number of allylic oxidation sites excluding steroid dienone is 1. The summed E-state index contributed by atoms with van der Waals surface area (Å²) < 4.78 is 0. The maximum atomic E-state index is 10.9. The quantitative estimate of drug-likeness (QED) is 0.378. The van der Waals surface area contributed by atoms with Crippen molar-refractivity contribution in [2.45, 2.75) is 64.7 Å². The number of benzene rings is 1. The van der Waals surface area contributed by atoms with E-state index in [2.05, 4.69) is 6.92 Å². The standard InChI is InChI=1S/C19H27ClO3/c1-2-3-4-5-6-7-8-9-10-11-12-16-18(22)15(14-21)13-17(20)19(16)23/h11-14,22-23H,2-10H2,1H3/b12-11+. The molecule has 0 spiro atoms. The molecule has 0 aliphatic heterocycles. The number of halogens is 1. The van der Waals surface area contributed by atoms with Gasteiger partial charge in [-0.2, -0.15) is 0 Å². The molecular formula is C19H27ClO3. The van der Waals surface area contributed by atoms with Gasteiger partial charge in [0.25, 0.3) is 0 Å². The van der Waals surface area contributed by atoms with E-state index in [-0.39, 0.29) is 27.6 Å². The Balaban J connectivity index is 2.38. The summed E-state index contributed by atoms with van der Waals surface area (Å²) in [5.74, 6) is -0.420. The van der Waals surface area contributed by atoms with Gasteiger partial charge in [-0.15, -0.1) is 0 Å². The van der Waals surface area contributed by atoms with Crippen LogP contribution in [0.1, 0.15) is 80.6 Å². The van der Waals surface area contributed by atoms with E-state index in [1.54, 1.807) is 6.08 Å². The Morgan fingerprint density at radius 2 is 1.61 bits per heavy atom. The van der Waals surface area contributed by atoms with Gasteiger partial charge >= 0.3 is 0 Å². The molecule has 0 unspecified atom stereocenters. The van der Waals surface area contributed by atoms with Crippen LogP contribution in [-0.4, -0.2) is 16.5 Å². The minimum absolute atomic E-state index is 0.0663. The number of hydrogen-bond acceptors (Lipinski definition) is 3. The first-order valence-corrected chi connectivity index (χ1v) is 8.85. The number of carbonyl (C=O) groups is 1. The predicted molar refractivity (Wildman–Crippen MR) is 96.4 cm³/mol. The molecule has 0 saturated carbocycles. The third-order valence-corrected chi connectivity index (χ3v) is 4.22. The van der Waals surface area contributed by atoms with Crippen LogP contribution in [0.3, 0.4) is 0 Å². The van der Waals surface area contributed by atoms with Gasteiger partial charge in [0.2, 0.25) is 0 Å². The van der Waals surface area contributed by atoms with Gasteiger partial charge in [0.1, 0.15) is 11.5 Å². The van der Waals surface area contributed by atoms with E-state index in [4.69, 9.17) is 11.6 Å². The molecule has 23 heavy (non-hydrogen) atoms. The van der Waals surface area contributed by atoms with Crippen LogP contribution in [0.2, 0.25) is 5.02 Å². The highest BCUT2D eigenvalue weighted by Gasteiger charge is 2.13. The van der Waals surface area contributed by atoms with Crippen molar-refractivity contribution in [1.82, 2.24) is 0 Å². The maximum absolute atomic E-state index is 10.9. The van der Waals surface area contributed by atoms with Crippen molar-refractivity contribution in [2.24, 2.45) is 0 Å². The van der Waals surface area contributed by atoms with Crippen molar-refractivity contribution in [3.63, 3.8) is 0 Å². The summed E-state index contributed by atoms with van der Waals surface area (Å²) in [7, 11) is 0. The molecule has 0 radical (unpaired) electrons. The Morgan fingerprint density at radius 1 is 1.00 bits per heavy atom. The van der Waals surface area contributed by atoms with E-state index in [1.165, 1.54) is 51.0 Å². The number of rotatable bonds is 11. The number of phenolic OH excluding ortho intramolecular Hbond substituents is 2. The normalized spacial score (nSPS) is 11.2. The highest BCUT2D eigenvalue weighted by Crippen LogP contribution is 2.37. The lowest BCUT2D eigenvalue weighted by molar-refractivity contribution is 0.112. The van der Waals surface area contributed by atoms with Gasteiger partial charge < -0.3 is 10.2 Å². The Hall–Kier alpha value is -1.48. The van der Waals surface area contributed by atoms with Gasteiger partial charge in [-0.3, -0.25) is 4.79 Å². The highest BCUT2D eigenvalue weighted by atomic mass is 35.5. The van der Waals surface area contributed by atoms with Crippen LogP contribution in [0.4, 0.5) is 0 Å². The van der Waals surface area contributed by atoms with Crippen molar-refractivity contribution in [2.75, 3.05) is 0 Å². The molecule has 0 amide bonds. The Kier molecular flexibility index (Phi) is 9.46. The Labute approximate surface area is 144 Å². The fourth-order valence-electron chi connectivity index (χ4n) is 2.51. The minimum atomic E-state index is -0.228. The second kappa shape index (κ2) is 11.1. The molecule has 2 N–H and O–H groups in total.